The van der Waals surface area contributed by atoms with Crippen molar-refractivity contribution in [3.63, 3.8) is 0 Å². The van der Waals surface area contributed by atoms with Crippen LogP contribution in [0.2, 0.25) is 0 Å². The van der Waals surface area contributed by atoms with Crippen LogP contribution in [-0.2, 0) is 4.79 Å². The summed E-state index contributed by atoms with van der Waals surface area (Å²) in [5.41, 5.74) is 0. The molecular weight excluding hydrogens is 228 g/mol. The first kappa shape index (κ1) is 12.9. The summed E-state index contributed by atoms with van der Waals surface area (Å²) in [5.74, 6) is 0.501. The van der Waals surface area contributed by atoms with Crippen molar-refractivity contribution in [3.8, 4) is 0 Å². The number of thioether (sulfide) groups is 1. The van der Waals surface area contributed by atoms with Crippen LogP contribution in [0.5, 0.6) is 0 Å². The molecule has 0 aliphatic carbocycles. The summed E-state index contributed by atoms with van der Waals surface area (Å²) in [6.45, 7) is 4.84. The minimum atomic E-state index is -0.828. The van der Waals surface area contributed by atoms with Gasteiger partial charge in [-0.25, -0.2) is 4.79 Å². The van der Waals surface area contributed by atoms with Gasteiger partial charge in [0, 0.05) is 31.1 Å². The van der Waals surface area contributed by atoms with Gasteiger partial charge in [0.2, 0.25) is 0 Å². The van der Waals surface area contributed by atoms with Crippen LogP contribution >= 0.6 is 11.8 Å². The molecule has 0 spiro atoms. The first-order valence-electron chi connectivity index (χ1n) is 5.09. The number of hydrogen-bond donors (Lipinski definition) is 2. The lowest BCUT2D eigenvalue weighted by Gasteiger charge is -2.36. The van der Waals surface area contributed by atoms with Gasteiger partial charge in [-0.2, -0.15) is 11.8 Å². The lowest BCUT2D eigenvalue weighted by Crippen LogP contribution is -2.56. The topological polar surface area (TPSA) is 69.6 Å². The van der Waals surface area contributed by atoms with E-state index in [9.17, 15) is 9.59 Å². The number of amides is 2. The number of rotatable bonds is 6. The molecule has 2 N–H and O–H groups in total. The average Bonchev–Trinajstić information content (AvgIpc) is 2.14. The molecule has 16 heavy (non-hydrogen) atoms. The third-order valence-electron chi connectivity index (χ3n) is 2.28. The Labute approximate surface area is 98.9 Å². The van der Waals surface area contributed by atoms with Crippen LogP contribution in [0.3, 0.4) is 0 Å². The van der Waals surface area contributed by atoms with Gasteiger partial charge in [0.1, 0.15) is 0 Å². The number of urea groups is 1. The summed E-state index contributed by atoms with van der Waals surface area (Å²) in [7, 11) is 0. The maximum absolute atomic E-state index is 11.4. The fourth-order valence-corrected chi connectivity index (χ4v) is 1.89. The zero-order valence-corrected chi connectivity index (χ0v) is 9.83. The molecule has 0 aromatic carbocycles. The maximum Gasteiger partial charge on any atom is 0.317 e. The smallest absolute Gasteiger partial charge is 0.317 e. The molecule has 1 aliphatic rings. The first-order chi connectivity index (χ1) is 7.65. The first-order valence-corrected chi connectivity index (χ1v) is 6.25. The number of hydrogen-bond acceptors (Lipinski definition) is 3. The summed E-state index contributed by atoms with van der Waals surface area (Å²) in [6, 6.07) is -0.170. The Kier molecular flexibility index (Phi) is 5.18. The van der Waals surface area contributed by atoms with E-state index in [-0.39, 0.29) is 11.9 Å². The Bertz CT molecular complexity index is 277. The van der Waals surface area contributed by atoms with Crippen molar-refractivity contribution < 1.29 is 14.7 Å². The molecule has 0 aromatic heterocycles. The number of carboxylic acid groups (broad SMARTS) is 1. The van der Waals surface area contributed by atoms with Crippen LogP contribution in [0.4, 0.5) is 4.79 Å². The Morgan fingerprint density at radius 3 is 2.81 bits per heavy atom. The molecule has 1 aliphatic heterocycles. The Hall–Kier alpha value is -1.17. The molecule has 1 rings (SSSR count). The summed E-state index contributed by atoms with van der Waals surface area (Å²) in [4.78, 5) is 23.4. The van der Waals surface area contributed by atoms with Crippen LogP contribution in [-0.4, -0.2) is 53.1 Å². The van der Waals surface area contributed by atoms with Crippen LogP contribution in [0.1, 0.15) is 0 Å². The van der Waals surface area contributed by atoms with Gasteiger partial charge in [0.05, 0.1) is 5.92 Å². The summed E-state index contributed by atoms with van der Waals surface area (Å²) in [6.07, 6.45) is 1.82. The predicted octanol–water partition coefficient (Wildman–Crippen LogP) is 0.632. The highest BCUT2D eigenvalue weighted by Gasteiger charge is 2.35. The van der Waals surface area contributed by atoms with Crippen molar-refractivity contribution in [3.05, 3.63) is 12.7 Å². The molecule has 1 heterocycles. The van der Waals surface area contributed by atoms with Crippen LogP contribution in [0, 0.1) is 5.92 Å². The van der Waals surface area contributed by atoms with E-state index in [1.165, 1.54) is 4.90 Å². The maximum atomic E-state index is 11.4. The van der Waals surface area contributed by atoms with Gasteiger partial charge >= 0.3 is 12.0 Å². The highest BCUT2D eigenvalue weighted by molar-refractivity contribution is 7.99. The quantitative estimate of drug-likeness (QED) is 0.531. The van der Waals surface area contributed by atoms with Gasteiger partial charge in [-0.15, -0.1) is 6.58 Å². The fraction of sp³-hybridized carbons (Fsp3) is 0.600. The van der Waals surface area contributed by atoms with Crippen molar-refractivity contribution in [1.82, 2.24) is 10.2 Å². The molecule has 1 fully saturated rings. The summed E-state index contributed by atoms with van der Waals surface area (Å²) >= 11 is 1.69. The van der Waals surface area contributed by atoms with Gasteiger partial charge < -0.3 is 15.3 Å². The third kappa shape index (κ3) is 3.77. The number of carbonyl (C=O) groups is 2. The molecule has 0 unspecified atom stereocenters. The molecule has 0 radical (unpaired) electrons. The van der Waals surface area contributed by atoms with E-state index in [2.05, 4.69) is 11.9 Å². The van der Waals surface area contributed by atoms with Gasteiger partial charge in [-0.3, -0.25) is 4.79 Å². The Morgan fingerprint density at radius 2 is 2.25 bits per heavy atom. The fourth-order valence-electron chi connectivity index (χ4n) is 1.31. The summed E-state index contributed by atoms with van der Waals surface area (Å²) in [5, 5.41) is 11.4. The largest absolute Gasteiger partial charge is 0.481 e. The molecule has 0 aromatic rings. The number of nitrogens with one attached hydrogen (secondary N) is 1. The van der Waals surface area contributed by atoms with Crippen LogP contribution in [0.25, 0.3) is 0 Å². The molecule has 2 amide bonds. The van der Waals surface area contributed by atoms with Crippen molar-refractivity contribution in [2.45, 2.75) is 0 Å². The second kappa shape index (κ2) is 6.42. The van der Waals surface area contributed by atoms with Crippen molar-refractivity contribution in [1.29, 1.82) is 0 Å². The second-order valence-corrected chi connectivity index (χ2v) is 4.69. The molecule has 6 heteroatoms. The zero-order chi connectivity index (χ0) is 12.0. The number of aliphatic carboxylic acids is 1. The van der Waals surface area contributed by atoms with Crippen molar-refractivity contribution >= 4 is 23.8 Å². The highest BCUT2D eigenvalue weighted by atomic mass is 32.2. The number of carbonyl (C=O) groups excluding carboxylic acids is 1. The minimum absolute atomic E-state index is 0.170. The number of likely N-dealkylation sites (tertiary alicyclic amines) is 1. The van der Waals surface area contributed by atoms with Crippen LogP contribution in [0.15, 0.2) is 12.7 Å². The van der Waals surface area contributed by atoms with E-state index in [1.807, 2.05) is 6.08 Å². The molecular formula is C10H16N2O3S. The lowest BCUT2D eigenvalue weighted by molar-refractivity contribution is -0.146. The SMILES string of the molecule is C=CCSCCNC(=O)N1CC(C(=O)O)C1. The monoisotopic (exact) mass is 244 g/mol. The molecule has 0 saturated carbocycles. The van der Waals surface area contributed by atoms with E-state index in [0.717, 1.165) is 11.5 Å². The van der Waals surface area contributed by atoms with Gasteiger partial charge in [0.15, 0.2) is 0 Å². The van der Waals surface area contributed by atoms with Crippen molar-refractivity contribution in [2.24, 2.45) is 5.92 Å². The zero-order valence-electron chi connectivity index (χ0n) is 9.02. The van der Waals surface area contributed by atoms with Gasteiger partial charge in [-0.05, 0) is 0 Å². The normalized spacial score (nSPS) is 15.4. The van der Waals surface area contributed by atoms with Gasteiger partial charge in [0.25, 0.3) is 0 Å². The van der Waals surface area contributed by atoms with E-state index >= 15 is 0 Å². The van der Waals surface area contributed by atoms with Crippen molar-refractivity contribution in [2.75, 3.05) is 31.1 Å². The molecule has 5 nitrogen and oxygen atoms in total. The Morgan fingerprint density at radius 1 is 1.56 bits per heavy atom. The summed E-state index contributed by atoms with van der Waals surface area (Å²) < 4.78 is 0. The molecule has 0 atom stereocenters. The third-order valence-corrected chi connectivity index (χ3v) is 3.24. The van der Waals surface area contributed by atoms with E-state index < -0.39 is 5.97 Å². The van der Waals surface area contributed by atoms with E-state index in [1.54, 1.807) is 11.8 Å². The van der Waals surface area contributed by atoms with Crippen LogP contribution < -0.4 is 5.32 Å². The lowest BCUT2D eigenvalue weighted by atomic mass is 10.0. The minimum Gasteiger partial charge on any atom is -0.481 e. The predicted molar refractivity (Wildman–Crippen MR) is 63.6 cm³/mol. The number of nitrogens with zero attached hydrogens (tertiary/aromatic N) is 1. The van der Waals surface area contributed by atoms with Gasteiger partial charge in [-0.1, -0.05) is 6.08 Å². The highest BCUT2D eigenvalue weighted by Crippen LogP contribution is 2.15. The Balaban J connectivity index is 2.04. The van der Waals surface area contributed by atoms with E-state index in [0.29, 0.717) is 19.6 Å². The molecule has 0 bridgehead atoms. The molecule has 90 valence electrons. The second-order valence-electron chi connectivity index (χ2n) is 3.54. The molecule has 1 saturated heterocycles. The van der Waals surface area contributed by atoms with E-state index in [4.69, 9.17) is 5.11 Å². The number of carboxylic acids is 1. The average molecular weight is 244 g/mol. The standard InChI is InChI=1S/C10H16N2O3S/c1-2-4-16-5-3-11-10(15)12-6-8(7-12)9(13)14/h2,8H,1,3-7H2,(H,11,15)(H,13,14).